The summed E-state index contributed by atoms with van der Waals surface area (Å²) in [4.78, 5) is 8.85. The standard InChI is InChI=1S/C88H108BN3S/c1-49-39-54-57(81(11,12)34-31-78(54,5)6)46-64(49)91-67-42-51(92-63-28-27-50(77(2,3)4)40-60(63)87(23)29-25-26-30-88(87,92)24)41-66-73(67)89(72-53-44-56-59(48-68(53)93-76(72)91)83(15,16)36-33-80(56,9)10)75-74-70-61(86(75,21)22)45-62-71(85(19,20)38-37-84(62,17)18)69(70)52-43-55-58(47-65(52)90(66)74)82(13,14)35-32-79(55,7)8/h27-28,39-48H,25-26,29-38H2,1-24H3. The molecule has 1 aromatic heterocycles. The summed E-state index contributed by atoms with van der Waals surface area (Å²) in [5.74, 6) is 0. The summed E-state index contributed by atoms with van der Waals surface area (Å²) in [6.45, 7) is 61.4. The highest BCUT2D eigenvalue weighted by Gasteiger charge is 2.62. The lowest BCUT2D eigenvalue weighted by atomic mass is 9.30. The Kier molecular flexibility index (Phi) is 11.8. The molecule has 17 rings (SSSR count). The van der Waals surface area contributed by atoms with Crippen molar-refractivity contribution in [3.63, 3.8) is 0 Å². The first-order valence-corrected chi connectivity index (χ1v) is 37.6. The molecular formula is C88H108BN3S. The van der Waals surface area contributed by atoms with Gasteiger partial charge in [0, 0.05) is 55.1 Å². The van der Waals surface area contributed by atoms with Crippen molar-refractivity contribution in [3.8, 4) is 11.1 Å². The molecule has 2 atom stereocenters. The lowest BCUT2D eigenvalue weighted by molar-refractivity contribution is 0.195. The van der Waals surface area contributed by atoms with Gasteiger partial charge in [-0.25, -0.2) is 0 Å². The molecule has 0 amide bonds. The predicted molar refractivity (Wildman–Crippen MR) is 403 cm³/mol. The van der Waals surface area contributed by atoms with Crippen LogP contribution in [0, 0.1) is 6.92 Å². The summed E-state index contributed by atoms with van der Waals surface area (Å²) in [7, 11) is 0. The van der Waals surface area contributed by atoms with Gasteiger partial charge in [0.05, 0.1) is 21.9 Å². The Morgan fingerprint density at radius 3 is 1.52 bits per heavy atom. The van der Waals surface area contributed by atoms with Crippen LogP contribution in [0.5, 0.6) is 0 Å². The third-order valence-corrected chi connectivity index (χ3v) is 29.8. The van der Waals surface area contributed by atoms with E-state index in [1.165, 1.54) is 170 Å². The van der Waals surface area contributed by atoms with Crippen LogP contribution < -0.4 is 25.6 Å². The van der Waals surface area contributed by atoms with Crippen LogP contribution in [0.15, 0.2) is 78.3 Å². The highest BCUT2D eigenvalue weighted by molar-refractivity contribution is 7.26. The van der Waals surface area contributed by atoms with E-state index in [0.29, 0.717) is 0 Å². The van der Waals surface area contributed by atoms with Crippen molar-refractivity contribution in [2.24, 2.45) is 0 Å². The second-order valence-corrected chi connectivity index (χ2v) is 40.5. The largest absolute Gasteiger partial charge is 0.334 e. The Bertz CT molecular complexity index is 4610. The summed E-state index contributed by atoms with van der Waals surface area (Å²) >= 11 is 2.12. The predicted octanol–water partition coefficient (Wildman–Crippen LogP) is 23.4. The van der Waals surface area contributed by atoms with E-state index in [9.17, 15) is 0 Å². The number of anilines is 7. The van der Waals surface area contributed by atoms with Gasteiger partial charge in [0.15, 0.2) is 0 Å². The zero-order valence-electron chi connectivity index (χ0n) is 61.7. The van der Waals surface area contributed by atoms with E-state index in [0.717, 1.165) is 6.42 Å². The van der Waals surface area contributed by atoms with Crippen molar-refractivity contribution in [3.05, 3.63) is 151 Å². The van der Waals surface area contributed by atoms with Crippen molar-refractivity contribution in [1.82, 2.24) is 0 Å². The van der Waals surface area contributed by atoms with Crippen LogP contribution in [-0.4, -0.2) is 12.3 Å². The van der Waals surface area contributed by atoms with E-state index < -0.39 is 0 Å². The van der Waals surface area contributed by atoms with Crippen LogP contribution in [0.2, 0.25) is 0 Å². The van der Waals surface area contributed by atoms with Crippen LogP contribution in [-0.2, 0) is 59.6 Å². The lowest BCUT2D eigenvalue weighted by Crippen LogP contribution is -2.58. The average molecular weight is 1250 g/mol. The van der Waals surface area contributed by atoms with Crippen molar-refractivity contribution in [2.75, 3.05) is 14.7 Å². The maximum absolute atomic E-state index is 2.98. The molecule has 5 heterocycles. The van der Waals surface area contributed by atoms with Gasteiger partial charge in [-0.2, -0.15) is 0 Å². The van der Waals surface area contributed by atoms with Crippen LogP contribution >= 0.6 is 11.3 Å². The van der Waals surface area contributed by atoms with Crippen LogP contribution in [0.1, 0.15) is 309 Å². The summed E-state index contributed by atoms with van der Waals surface area (Å²) in [6.07, 6.45) is 14.3. The number of fused-ring (bicyclic) bond motifs is 17. The molecule has 4 aliphatic heterocycles. The molecule has 1 fully saturated rings. The van der Waals surface area contributed by atoms with Gasteiger partial charge < -0.3 is 14.7 Å². The molecule has 3 nitrogen and oxygen atoms in total. The third kappa shape index (κ3) is 7.68. The molecule has 2 unspecified atom stereocenters. The summed E-state index contributed by atoms with van der Waals surface area (Å²) in [5.41, 5.74) is 37.1. The molecule has 93 heavy (non-hydrogen) atoms. The van der Waals surface area contributed by atoms with E-state index in [4.69, 9.17) is 0 Å². The molecule has 1 saturated carbocycles. The number of thiophene rings is 1. The number of hydrogen-bond acceptors (Lipinski definition) is 4. The van der Waals surface area contributed by atoms with Gasteiger partial charge in [0.2, 0.25) is 0 Å². The summed E-state index contributed by atoms with van der Waals surface area (Å²) < 4.78 is 1.45. The van der Waals surface area contributed by atoms with E-state index >= 15 is 0 Å². The molecule has 0 spiro atoms. The first-order chi connectivity index (χ1) is 43.1. The molecule has 5 heteroatoms. The number of aryl methyl sites for hydroxylation is 1. The molecule has 6 aliphatic carbocycles. The fourth-order valence-electron chi connectivity index (χ4n) is 21.8. The maximum Gasteiger partial charge on any atom is 0.250 e. The Labute approximate surface area is 565 Å². The van der Waals surface area contributed by atoms with Crippen molar-refractivity contribution in [1.29, 1.82) is 0 Å². The van der Waals surface area contributed by atoms with Crippen molar-refractivity contribution >= 4 is 83.9 Å². The zero-order chi connectivity index (χ0) is 66.2. The van der Waals surface area contributed by atoms with Crippen molar-refractivity contribution in [2.45, 2.75) is 308 Å². The molecule has 0 N–H and O–H groups in total. The smallest absolute Gasteiger partial charge is 0.250 e. The van der Waals surface area contributed by atoms with E-state index in [1.807, 2.05) is 0 Å². The van der Waals surface area contributed by atoms with Gasteiger partial charge in [0.25, 0.3) is 6.71 Å². The normalized spacial score (nSPS) is 26.3. The zero-order valence-corrected chi connectivity index (χ0v) is 62.6. The number of rotatable bonds is 2. The van der Waals surface area contributed by atoms with Crippen LogP contribution in [0.25, 0.3) is 26.9 Å². The van der Waals surface area contributed by atoms with E-state index in [1.54, 1.807) is 55.5 Å². The lowest BCUT2D eigenvalue weighted by Gasteiger charge is -2.52. The van der Waals surface area contributed by atoms with E-state index in [-0.39, 0.29) is 71.8 Å². The monoisotopic (exact) mass is 1250 g/mol. The minimum atomic E-state index is -0.320. The number of nitrogens with zero attached hydrogens (tertiary/aromatic N) is 3. The van der Waals surface area contributed by atoms with Gasteiger partial charge >= 0.3 is 0 Å². The van der Waals surface area contributed by atoms with Gasteiger partial charge in [-0.1, -0.05) is 195 Å². The number of benzene rings is 6. The molecule has 484 valence electrons. The van der Waals surface area contributed by atoms with Crippen molar-refractivity contribution < 1.29 is 0 Å². The fourth-order valence-corrected chi connectivity index (χ4v) is 23.1. The topological polar surface area (TPSA) is 9.72 Å². The van der Waals surface area contributed by atoms with Crippen LogP contribution in [0.4, 0.5) is 39.1 Å². The summed E-state index contributed by atoms with van der Waals surface area (Å²) in [6, 6.07) is 32.7. The summed E-state index contributed by atoms with van der Waals surface area (Å²) in [5, 5.41) is 2.90. The number of hydrogen-bond donors (Lipinski definition) is 0. The maximum atomic E-state index is 2.98. The molecule has 0 radical (unpaired) electrons. The molecule has 6 aromatic carbocycles. The second kappa shape index (κ2) is 18.0. The Morgan fingerprint density at radius 2 is 0.925 bits per heavy atom. The van der Waals surface area contributed by atoms with E-state index in [2.05, 4.69) is 265 Å². The second-order valence-electron chi connectivity index (χ2n) is 39.5. The first kappa shape index (κ1) is 61.1. The first-order valence-electron chi connectivity index (χ1n) is 36.8. The third-order valence-electron chi connectivity index (χ3n) is 28.6. The molecular weight excluding hydrogens is 1140 g/mol. The van der Waals surface area contributed by atoms with Gasteiger partial charge in [0.1, 0.15) is 0 Å². The highest BCUT2D eigenvalue weighted by atomic mass is 32.1. The molecule has 0 saturated heterocycles. The minimum absolute atomic E-state index is 0.0000353. The Balaban J connectivity index is 1.08. The Hall–Kier alpha value is -5.52. The molecule has 10 aliphatic rings. The number of allylic oxidation sites excluding steroid dienone is 1. The molecule has 7 aromatic rings. The van der Waals surface area contributed by atoms with Gasteiger partial charge in [-0.3, -0.25) is 0 Å². The SMILES string of the molecule is Cc1cc2c(cc1N1c3cc(N4c5ccc(C(C)(C)C)cc5C5(C)CCCCC45C)cc4c3B(C3=C5c6c(cc7c(c6-c6cc8c(cc6N54)C(C)(C)CCC8(C)C)C(C)(C)CCC7(C)C)C3(C)C)c3c1sc1cc4c(cc31)C(C)(C)CCC4(C)C)C(C)(C)CCC2(C)C. The minimum Gasteiger partial charge on any atom is -0.334 e. The van der Waals surface area contributed by atoms with Gasteiger partial charge in [-0.05, 0) is 264 Å². The van der Waals surface area contributed by atoms with Crippen LogP contribution in [0.3, 0.4) is 0 Å². The fraction of sp³-hybridized carbons (Fsp3) is 0.545. The highest BCUT2D eigenvalue weighted by Crippen LogP contribution is 2.69. The molecule has 0 bridgehead atoms. The Morgan fingerprint density at radius 1 is 0.419 bits per heavy atom. The average Bonchev–Trinajstić information content (AvgIpc) is 1.54. The quantitative estimate of drug-likeness (QED) is 0.160. The van der Waals surface area contributed by atoms with Gasteiger partial charge in [-0.15, -0.1) is 11.3 Å².